The Morgan fingerprint density at radius 1 is 1.33 bits per heavy atom. The lowest BCUT2D eigenvalue weighted by Gasteiger charge is -2.36. The minimum Gasteiger partial charge on any atom is -0.307 e. The summed E-state index contributed by atoms with van der Waals surface area (Å²) < 4.78 is 0. The molecule has 0 amide bonds. The van der Waals surface area contributed by atoms with Gasteiger partial charge in [-0.15, -0.1) is 11.3 Å². The Morgan fingerprint density at radius 2 is 2.05 bits per heavy atom. The normalized spacial score (nSPS) is 24.5. The van der Waals surface area contributed by atoms with Gasteiger partial charge in [0.05, 0.1) is 0 Å². The van der Waals surface area contributed by atoms with Crippen molar-refractivity contribution < 1.29 is 0 Å². The Bertz CT molecular complexity index is 458. The lowest BCUT2D eigenvalue weighted by Crippen LogP contribution is -2.39. The molecule has 1 N–H and O–H groups in total. The van der Waals surface area contributed by atoms with Gasteiger partial charge in [-0.25, -0.2) is 0 Å². The second-order valence-electron chi connectivity index (χ2n) is 7.85. The van der Waals surface area contributed by atoms with E-state index >= 15 is 0 Å². The molecule has 0 aromatic carbocycles. The standard InChI is InChI=1S/C18H32N2S/c1-13-7-8-20(14(2)9-13)12-16-10-17(21-15(16)3)11-19-18(4,5)6/h10,13-14,19H,7-9,11-12H2,1-6H3. The van der Waals surface area contributed by atoms with Crippen LogP contribution >= 0.6 is 11.3 Å². The number of nitrogens with one attached hydrogen (secondary N) is 1. The van der Waals surface area contributed by atoms with Gasteiger partial charge in [-0.05, 0) is 71.6 Å². The zero-order chi connectivity index (χ0) is 15.6. The maximum Gasteiger partial charge on any atom is 0.0304 e. The Morgan fingerprint density at radius 3 is 2.67 bits per heavy atom. The van der Waals surface area contributed by atoms with Crippen molar-refractivity contribution in [1.29, 1.82) is 0 Å². The topological polar surface area (TPSA) is 15.3 Å². The molecular weight excluding hydrogens is 276 g/mol. The zero-order valence-electron chi connectivity index (χ0n) is 14.6. The molecule has 1 aliphatic rings. The second kappa shape index (κ2) is 6.80. The monoisotopic (exact) mass is 308 g/mol. The smallest absolute Gasteiger partial charge is 0.0304 e. The van der Waals surface area contributed by atoms with E-state index in [1.54, 1.807) is 0 Å². The van der Waals surface area contributed by atoms with Crippen LogP contribution in [0.3, 0.4) is 0 Å². The summed E-state index contributed by atoms with van der Waals surface area (Å²) in [7, 11) is 0. The van der Waals surface area contributed by atoms with E-state index in [2.05, 4.69) is 57.8 Å². The van der Waals surface area contributed by atoms with E-state index in [9.17, 15) is 0 Å². The van der Waals surface area contributed by atoms with Gasteiger partial charge in [0.1, 0.15) is 0 Å². The van der Waals surface area contributed by atoms with Crippen LogP contribution in [-0.4, -0.2) is 23.0 Å². The molecule has 1 aromatic rings. The summed E-state index contributed by atoms with van der Waals surface area (Å²) in [4.78, 5) is 5.62. The number of thiophene rings is 1. The molecule has 0 saturated carbocycles. The van der Waals surface area contributed by atoms with E-state index in [-0.39, 0.29) is 5.54 Å². The molecule has 0 bridgehead atoms. The molecule has 2 nitrogen and oxygen atoms in total. The second-order valence-corrected chi connectivity index (χ2v) is 9.19. The molecule has 2 heterocycles. The van der Waals surface area contributed by atoms with Crippen LogP contribution in [0.2, 0.25) is 0 Å². The first-order valence-electron chi connectivity index (χ1n) is 8.32. The van der Waals surface area contributed by atoms with Crippen LogP contribution < -0.4 is 5.32 Å². The van der Waals surface area contributed by atoms with Gasteiger partial charge in [-0.1, -0.05) is 6.92 Å². The largest absolute Gasteiger partial charge is 0.307 e. The highest BCUT2D eigenvalue weighted by atomic mass is 32.1. The number of aryl methyl sites for hydroxylation is 1. The molecule has 1 saturated heterocycles. The number of nitrogens with zero attached hydrogens (tertiary/aromatic N) is 1. The predicted molar refractivity (Wildman–Crippen MR) is 93.9 cm³/mol. The van der Waals surface area contributed by atoms with E-state index in [0.717, 1.165) is 25.0 Å². The van der Waals surface area contributed by atoms with Gasteiger partial charge in [0.25, 0.3) is 0 Å². The van der Waals surface area contributed by atoms with Crippen LogP contribution in [0.5, 0.6) is 0 Å². The Kier molecular flexibility index (Phi) is 5.50. The molecule has 2 rings (SSSR count). The molecule has 1 aromatic heterocycles. The third kappa shape index (κ3) is 5.08. The SMILES string of the molecule is Cc1sc(CNC(C)(C)C)cc1CN1CCC(C)CC1C. The predicted octanol–water partition coefficient (Wildman–Crippen LogP) is 4.57. The summed E-state index contributed by atoms with van der Waals surface area (Å²) in [6.07, 6.45) is 2.70. The maximum atomic E-state index is 3.59. The van der Waals surface area contributed by atoms with E-state index in [1.165, 1.54) is 34.7 Å². The van der Waals surface area contributed by atoms with Gasteiger partial charge < -0.3 is 5.32 Å². The van der Waals surface area contributed by atoms with Gasteiger partial charge >= 0.3 is 0 Å². The average Bonchev–Trinajstić information content (AvgIpc) is 2.70. The summed E-state index contributed by atoms with van der Waals surface area (Å²) in [6, 6.07) is 3.15. The highest BCUT2D eigenvalue weighted by Gasteiger charge is 2.23. The van der Waals surface area contributed by atoms with Crippen molar-refractivity contribution in [3.8, 4) is 0 Å². The van der Waals surface area contributed by atoms with Crippen molar-refractivity contribution in [1.82, 2.24) is 10.2 Å². The fourth-order valence-corrected chi connectivity index (χ4v) is 4.09. The van der Waals surface area contributed by atoms with Gasteiger partial charge in [-0.2, -0.15) is 0 Å². The van der Waals surface area contributed by atoms with Crippen molar-refractivity contribution in [2.24, 2.45) is 5.92 Å². The van der Waals surface area contributed by atoms with Gasteiger partial charge in [0, 0.05) is 34.4 Å². The van der Waals surface area contributed by atoms with Crippen LogP contribution in [0.15, 0.2) is 6.07 Å². The molecule has 1 aliphatic heterocycles. The Labute approximate surface area is 134 Å². The minimum absolute atomic E-state index is 0.190. The van der Waals surface area contributed by atoms with Gasteiger partial charge in [-0.3, -0.25) is 4.90 Å². The Hall–Kier alpha value is -0.380. The molecule has 3 heteroatoms. The summed E-state index contributed by atoms with van der Waals surface area (Å²) in [5, 5.41) is 3.59. The summed E-state index contributed by atoms with van der Waals surface area (Å²) in [5.74, 6) is 0.895. The fraction of sp³-hybridized carbons (Fsp3) is 0.778. The van der Waals surface area contributed by atoms with E-state index < -0.39 is 0 Å². The molecule has 2 unspecified atom stereocenters. The number of hydrogen-bond acceptors (Lipinski definition) is 3. The third-order valence-electron chi connectivity index (χ3n) is 4.51. The van der Waals surface area contributed by atoms with E-state index in [4.69, 9.17) is 0 Å². The first kappa shape index (κ1) is 17.0. The first-order chi connectivity index (χ1) is 9.74. The molecule has 0 spiro atoms. The minimum atomic E-state index is 0.190. The van der Waals surface area contributed by atoms with E-state index in [0.29, 0.717) is 0 Å². The first-order valence-corrected chi connectivity index (χ1v) is 9.13. The molecule has 21 heavy (non-hydrogen) atoms. The van der Waals surface area contributed by atoms with Gasteiger partial charge in [0.2, 0.25) is 0 Å². The molecule has 120 valence electrons. The fourth-order valence-electron chi connectivity index (χ4n) is 3.09. The van der Waals surface area contributed by atoms with Crippen LogP contribution in [-0.2, 0) is 13.1 Å². The molecule has 0 radical (unpaired) electrons. The highest BCUT2D eigenvalue weighted by molar-refractivity contribution is 7.12. The van der Waals surface area contributed by atoms with Gasteiger partial charge in [0.15, 0.2) is 0 Å². The van der Waals surface area contributed by atoms with Crippen LogP contribution in [0.1, 0.15) is 62.8 Å². The van der Waals surface area contributed by atoms with Crippen LogP contribution in [0.25, 0.3) is 0 Å². The number of piperidine rings is 1. The number of likely N-dealkylation sites (tertiary alicyclic amines) is 1. The summed E-state index contributed by atoms with van der Waals surface area (Å²) in [6.45, 7) is 17.1. The molecule has 2 atom stereocenters. The van der Waals surface area contributed by atoms with Crippen LogP contribution in [0, 0.1) is 12.8 Å². The Balaban J connectivity index is 1.96. The summed E-state index contributed by atoms with van der Waals surface area (Å²) >= 11 is 1.96. The highest BCUT2D eigenvalue weighted by Crippen LogP contribution is 2.28. The van der Waals surface area contributed by atoms with Crippen LogP contribution in [0.4, 0.5) is 0 Å². The third-order valence-corrected chi connectivity index (χ3v) is 5.61. The van der Waals surface area contributed by atoms with Crippen molar-refractivity contribution in [3.05, 3.63) is 21.4 Å². The number of rotatable bonds is 4. The lowest BCUT2D eigenvalue weighted by atomic mass is 9.93. The quantitative estimate of drug-likeness (QED) is 0.877. The van der Waals surface area contributed by atoms with Crippen molar-refractivity contribution >= 4 is 11.3 Å². The molecule has 0 aliphatic carbocycles. The molecule has 1 fully saturated rings. The lowest BCUT2D eigenvalue weighted by molar-refractivity contribution is 0.122. The zero-order valence-corrected chi connectivity index (χ0v) is 15.4. The maximum absolute atomic E-state index is 3.59. The van der Waals surface area contributed by atoms with Crippen molar-refractivity contribution in [2.45, 2.75) is 79.1 Å². The summed E-state index contributed by atoms with van der Waals surface area (Å²) in [5.41, 5.74) is 1.72. The van der Waals surface area contributed by atoms with Crippen molar-refractivity contribution in [2.75, 3.05) is 6.54 Å². The average molecular weight is 309 g/mol. The number of hydrogen-bond donors (Lipinski definition) is 1. The molecular formula is C18H32N2S. The van der Waals surface area contributed by atoms with E-state index in [1.807, 2.05) is 11.3 Å². The van der Waals surface area contributed by atoms with Crippen molar-refractivity contribution in [3.63, 3.8) is 0 Å².